The highest BCUT2D eigenvalue weighted by Crippen LogP contribution is 2.25. The molecule has 0 aliphatic carbocycles. The Balaban J connectivity index is 1.68. The van der Waals surface area contributed by atoms with Crippen molar-refractivity contribution in [2.75, 3.05) is 7.11 Å². The zero-order chi connectivity index (χ0) is 17.8. The van der Waals surface area contributed by atoms with Crippen LogP contribution in [0.4, 0.5) is 0 Å². The molecule has 0 unspecified atom stereocenters. The van der Waals surface area contributed by atoms with E-state index in [9.17, 15) is 4.79 Å². The van der Waals surface area contributed by atoms with Crippen LogP contribution in [-0.2, 0) is 11.3 Å². The Morgan fingerprint density at radius 2 is 2.12 bits per heavy atom. The molecule has 1 aromatic heterocycles. The van der Waals surface area contributed by atoms with Crippen molar-refractivity contribution in [1.82, 2.24) is 15.0 Å². The minimum atomic E-state index is -0.213. The highest BCUT2D eigenvalue weighted by molar-refractivity contribution is 9.10. The van der Waals surface area contributed by atoms with Crippen molar-refractivity contribution in [3.05, 3.63) is 58.8 Å². The second-order valence-corrected chi connectivity index (χ2v) is 6.30. The van der Waals surface area contributed by atoms with E-state index in [1.807, 2.05) is 49.4 Å². The van der Waals surface area contributed by atoms with Gasteiger partial charge < -0.3 is 9.30 Å². The normalized spacial score (nSPS) is 11.6. The molecule has 0 radical (unpaired) electrons. The first kappa shape index (κ1) is 17.2. The molecule has 6 nitrogen and oxygen atoms in total. The number of hydrogen-bond donors (Lipinski definition) is 1. The standard InChI is InChI=1S/C18H17BrN4O2/c1-12(13-7-8-17(25-2)14(19)9-13)21-22-18(24)10-23-11-20-15-5-3-4-6-16(15)23/h3-9,11H,10H2,1-2H3,(H,22,24)/b21-12-. The van der Waals surface area contributed by atoms with Gasteiger partial charge in [-0.3, -0.25) is 4.79 Å². The quantitative estimate of drug-likeness (QED) is 0.527. The van der Waals surface area contributed by atoms with Gasteiger partial charge in [0.05, 0.1) is 34.7 Å². The number of fused-ring (bicyclic) bond motifs is 1. The number of carbonyl (C=O) groups is 1. The van der Waals surface area contributed by atoms with Crippen LogP contribution >= 0.6 is 15.9 Å². The van der Waals surface area contributed by atoms with Gasteiger partial charge in [-0.1, -0.05) is 12.1 Å². The smallest absolute Gasteiger partial charge is 0.260 e. The van der Waals surface area contributed by atoms with E-state index < -0.39 is 0 Å². The van der Waals surface area contributed by atoms with Gasteiger partial charge in [0.2, 0.25) is 0 Å². The third kappa shape index (κ3) is 3.88. The lowest BCUT2D eigenvalue weighted by Gasteiger charge is -2.07. The largest absolute Gasteiger partial charge is 0.496 e. The highest BCUT2D eigenvalue weighted by atomic mass is 79.9. The van der Waals surface area contributed by atoms with E-state index in [0.29, 0.717) is 5.71 Å². The van der Waals surface area contributed by atoms with Gasteiger partial charge in [-0.15, -0.1) is 0 Å². The maximum Gasteiger partial charge on any atom is 0.260 e. The third-order valence-electron chi connectivity index (χ3n) is 3.76. The Morgan fingerprint density at radius 3 is 2.88 bits per heavy atom. The van der Waals surface area contributed by atoms with Gasteiger partial charge in [0.1, 0.15) is 12.3 Å². The fraction of sp³-hybridized carbons (Fsp3) is 0.167. The summed E-state index contributed by atoms with van der Waals surface area (Å²) in [6, 6.07) is 13.3. The number of para-hydroxylation sites is 2. The SMILES string of the molecule is COc1ccc(/C(C)=N\NC(=O)Cn2cnc3ccccc32)cc1Br. The van der Waals surface area contributed by atoms with Gasteiger partial charge in [-0.25, -0.2) is 10.4 Å². The monoisotopic (exact) mass is 400 g/mol. The van der Waals surface area contributed by atoms with Crippen LogP contribution in [0.1, 0.15) is 12.5 Å². The fourth-order valence-electron chi connectivity index (χ4n) is 2.43. The lowest BCUT2D eigenvalue weighted by molar-refractivity contribution is -0.121. The molecule has 0 spiro atoms. The minimum absolute atomic E-state index is 0.156. The number of hydrazone groups is 1. The molecule has 1 amide bonds. The number of aromatic nitrogens is 2. The number of amides is 1. The number of benzene rings is 2. The molecule has 0 bridgehead atoms. The van der Waals surface area contributed by atoms with Crippen LogP contribution in [0.25, 0.3) is 11.0 Å². The molecule has 128 valence electrons. The first-order chi connectivity index (χ1) is 12.1. The molecule has 0 fully saturated rings. The molecule has 0 saturated carbocycles. The molecule has 0 aliphatic rings. The number of carbonyl (C=O) groups excluding carboxylic acids is 1. The number of imidazole rings is 1. The van der Waals surface area contributed by atoms with Gasteiger partial charge in [0.25, 0.3) is 5.91 Å². The highest BCUT2D eigenvalue weighted by Gasteiger charge is 2.07. The van der Waals surface area contributed by atoms with E-state index in [4.69, 9.17) is 4.74 Å². The summed E-state index contributed by atoms with van der Waals surface area (Å²) < 4.78 is 7.83. The van der Waals surface area contributed by atoms with Crippen molar-refractivity contribution in [3.8, 4) is 5.75 Å². The molecule has 2 aromatic carbocycles. The summed E-state index contributed by atoms with van der Waals surface area (Å²) in [7, 11) is 1.61. The van der Waals surface area contributed by atoms with E-state index in [1.54, 1.807) is 18.0 Å². The van der Waals surface area contributed by atoms with Crippen molar-refractivity contribution in [3.63, 3.8) is 0 Å². The van der Waals surface area contributed by atoms with Gasteiger partial charge in [-0.05, 0) is 58.7 Å². The molecule has 3 aromatic rings. The average molecular weight is 401 g/mol. The van der Waals surface area contributed by atoms with Crippen molar-refractivity contribution < 1.29 is 9.53 Å². The van der Waals surface area contributed by atoms with Crippen LogP contribution in [0.15, 0.2) is 58.4 Å². The summed E-state index contributed by atoms with van der Waals surface area (Å²) in [6.45, 7) is 1.99. The summed E-state index contributed by atoms with van der Waals surface area (Å²) >= 11 is 3.44. The van der Waals surface area contributed by atoms with Crippen LogP contribution in [0.2, 0.25) is 0 Å². The molecular formula is C18H17BrN4O2. The van der Waals surface area contributed by atoms with E-state index in [1.165, 1.54) is 0 Å². The van der Waals surface area contributed by atoms with Crippen LogP contribution < -0.4 is 10.2 Å². The first-order valence-corrected chi connectivity index (χ1v) is 8.44. The predicted molar refractivity (Wildman–Crippen MR) is 101 cm³/mol. The zero-order valence-electron chi connectivity index (χ0n) is 13.9. The number of rotatable bonds is 5. The van der Waals surface area contributed by atoms with Crippen LogP contribution in [0, 0.1) is 0 Å². The molecule has 7 heteroatoms. The molecule has 0 saturated heterocycles. The van der Waals surface area contributed by atoms with Crippen LogP contribution in [0.5, 0.6) is 5.75 Å². The van der Waals surface area contributed by atoms with E-state index in [-0.39, 0.29) is 12.5 Å². The number of nitrogens with zero attached hydrogens (tertiary/aromatic N) is 3. The van der Waals surface area contributed by atoms with E-state index in [0.717, 1.165) is 26.8 Å². The molecule has 0 atom stereocenters. The maximum absolute atomic E-state index is 12.2. The van der Waals surface area contributed by atoms with Crippen LogP contribution in [0.3, 0.4) is 0 Å². The summed E-state index contributed by atoms with van der Waals surface area (Å²) in [5, 5.41) is 4.17. The summed E-state index contributed by atoms with van der Waals surface area (Å²) in [6.07, 6.45) is 1.65. The lowest BCUT2D eigenvalue weighted by Crippen LogP contribution is -2.24. The lowest BCUT2D eigenvalue weighted by atomic mass is 10.1. The third-order valence-corrected chi connectivity index (χ3v) is 4.38. The van der Waals surface area contributed by atoms with Crippen molar-refractivity contribution in [2.45, 2.75) is 13.5 Å². The van der Waals surface area contributed by atoms with Crippen molar-refractivity contribution in [1.29, 1.82) is 0 Å². The van der Waals surface area contributed by atoms with Gasteiger partial charge in [0, 0.05) is 0 Å². The number of hydrogen-bond acceptors (Lipinski definition) is 4. The zero-order valence-corrected chi connectivity index (χ0v) is 15.4. The van der Waals surface area contributed by atoms with Gasteiger partial charge in [0.15, 0.2) is 0 Å². The molecule has 3 rings (SSSR count). The number of nitrogens with one attached hydrogen (secondary N) is 1. The van der Waals surface area contributed by atoms with Gasteiger partial charge in [-0.2, -0.15) is 5.10 Å². The van der Waals surface area contributed by atoms with Gasteiger partial charge >= 0.3 is 0 Å². The summed E-state index contributed by atoms with van der Waals surface area (Å²) in [5.74, 6) is 0.530. The summed E-state index contributed by atoms with van der Waals surface area (Å²) in [4.78, 5) is 16.4. The topological polar surface area (TPSA) is 68.5 Å². The second-order valence-electron chi connectivity index (χ2n) is 5.44. The Bertz CT molecular complexity index is 949. The Morgan fingerprint density at radius 1 is 1.32 bits per heavy atom. The van der Waals surface area contributed by atoms with E-state index >= 15 is 0 Å². The van der Waals surface area contributed by atoms with Crippen molar-refractivity contribution >= 4 is 38.6 Å². The van der Waals surface area contributed by atoms with Crippen LogP contribution in [-0.4, -0.2) is 28.3 Å². The molecule has 1 heterocycles. The molecule has 1 N–H and O–H groups in total. The molecule has 25 heavy (non-hydrogen) atoms. The minimum Gasteiger partial charge on any atom is -0.496 e. The number of methoxy groups -OCH3 is 1. The Labute approximate surface area is 153 Å². The number of ether oxygens (including phenoxy) is 1. The predicted octanol–water partition coefficient (Wildman–Crippen LogP) is 3.35. The first-order valence-electron chi connectivity index (χ1n) is 7.65. The Hall–Kier alpha value is -2.67. The molecular weight excluding hydrogens is 384 g/mol. The Kier molecular flexibility index (Phi) is 5.14. The number of halogens is 1. The summed E-state index contributed by atoms with van der Waals surface area (Å²) in [5.41, 5.74) is 5.95. The average Bonchev–Trinajstić information content (AvgIpc) is 3.02. The van der Waals surface area contributed by atoms with E-state index in [2.05, 4.69) is 31.4 Å². The maximum atomic E-state index is 12.2. The molecule has 0 aliphatic heterocycles. The fourth-order valence-corrected chi connectivity index (χ4v) is 2.97. The second kappa shape index (κ2) is 7.48. The van der Waals surface area contributed by atoms with Crippen molar-refractivity contribution in [2.24, 2.45) is 5.10 Å².